The van der Waals surface area contributed by atoms with E-state index >= 15 is 0 Å². The van der Waals surface area contributed by atoms with Gasteiger partial charge in [0.15, 0.2) is 0 Å². The van der Waals surface area contributed by atoms with Crippen LogP contribution in [-0.4, -0.2) is 42.3 Å². The fourth-order valence-corrected chi connectivity index (χ4v) is 1.50. The molecule has 0 aromatic carbocycles. The maximum Gasteiger partial charge on any atom is 0.0679 e. The van der Waals surface area contributed by atoms with Crippen molar-refractivity contribution in [3.63, 3.8) is 0 Å². The molecule has 1 saturated heterocycles. The monoisotopic (exact) mass is 158 g/mol. The van der Waals surface area contributed by atoms with Gasteiger partial charge in [-0.15, -0.1) is 0 Å². The number of hydrogen-bond donors (Lipinski definition) is 2. The molecule has 3 nitrogen and oxygen atoms in total. The first-order valence-electron chi connectivity index (χ1n) is 4.43. The zero-order valence-electron chi connectivity index (χ0n) is 7.00. The molecule has 0 amide bonds. The topological polar surface area (TPSA) is 49.5 Å². The lowest BCUT2D eigenvalue weighted by atomic mass is 10.3. The minimum absolute atomic E-state index is 0.0760. The van der Waals surface area contributed by atoms with Crippen LogP contribution in [0.15, 0.2) is 0 Å². The molecule has 0 spiro atoms. The fourth-order valence-electron chi connectivity index (χ4n) is 1.50. The smallest absolute Gasteiger partial charge is 0.0679 e. The second-order valence-electron chi connectivity index (χ2n) is 3.24. The molecule has 0 aromatic heterocycles. The highest BCUT2D eigenvalue weighted by molar-refractivity contribution is 4.73. The summed E-state index contributed by atoms with van der Waals surface area (Å²) in [6.45, 7) is 3.82. The Morgan fingerprint density at radius 2 is 2.27 bits per heavy atom. The minimum atomic E-state index is -0.0760. The van der Waals surface area contributed by atoms with Crippen LogP contribution >= 0.6 is 0 Å². The van der Waals surface area contributed by atoms with Crippen molar-refractivity contribution in [1.82, 2.24) is 4.90 Å². The quantitative estimate of drug-likeness (QED) is 0.557. The van der Waals surface area contributed by atoms with Crippen molar-refractivity contribution in [3.05, 3.63) is 0 Å². The third-order valence-electron chi connectivity index (χ3n) is 2.18. The van der Waals surface area contributed by atoms with E-state index in [1.165, 1.54) is 6.42 Å². The van der Waals surface area contributed by atoms with Crippen molar-refractivity contribution >= 4 is 0 Å². The third-order valence-corrected chi connectivity index (χ3v) is 2.18. The largest absolute Gasteiger partial charge is 0.392 e. The number of nitrogens with zero attached hydrogens (tertiary/aromatic N) is 1. The Morgan fingerprint density at radius 3 is 2.82 bits per heavy atom. The van der Waals surface area contributed by atoms with Gasteiger partial charge in [-0.1, -0.05) is 0 Å². The van der Waals surface area contributed by atoms with Crippen LogP contribution in [0.4, 0.5) is 0 Å². The number of nitrogens with two attached hydrogens (primary N) is 1. The van der Waals surface area contributed by atoms with Gasteiger partial charge in [0.25, 0.3) is 0 Å². The molecule has 1 rings (SSSR count). The van der Waals surface area contributed by atoms with Crippen molar-refractivity contribution in [2.75, 3.05) is 26.2 Å². The Morgan fingerprint density at radius 1 is 1.45 bits per heavy atom. The van der Waals surface area contributed by atoms with Crippen LogP contribution in [0, 0.1) is 0 Å². The van der Waals surface area contributed by atoms with Crippen molar-refractivity contribution in [3.8, 4) is 0 Å². The average molecular weight is 158 g/mol. The molecule has 1 aliphatic rings. The normalized spacial score (nSPS) is 26.2. The van der Waals surface area contributed by atoms with E-state index in [4.69, 9.17) is 5.73 Å². The molecule has 1 atom stereocenters. The van der Waals surface area contributed by atoms with Crippen LogP contribution in [0.5, 0.6) is 0 Å². The Labute approximate surface area is 68.2 Å². The van der Waals surface area contributed by atoms with E-state index < -0.39 is 0 Å². The van der Waals surface area contributed by atoms with Crippen LogP contribution in [0.3, 0.4) is 0 Å². The average Bonchev–Trinajstić information content (AvgIpc) is 2.37. The predicted molar refractivity (Wildman–Crippen MR) is 45.4 cm³/mol. The highest BCUT2D eigenvalue weighted by atomic mass is 16.3. The molecule has 1 unspecified atom stereocenters. The molecule has 1 aliphatic heterocycles. The van der Waals surface area contributed by atoms with Gasteiger partial charge in [0.2, 0.25) is 0 Å². The van der Waals surface area contributed by atoms with Gasteiger partial charge in [0.05, 0.1) is 6.10 Å². The summed E-state index contributed by atoms with van der Waals surface area (Å²) >= 11 is 0. The zero-order chi connectivity index (χ0) is 8.10. The van der Waals surface area contributed by atoms with Gasteiger partial charge in [-0.05, 0) is 32.4 Å². The maximum atomic E-state index is 9.19. The second-order valence-corrected chi connectivity index (χ2v) is 3.24. The van der Waals surface area contributed by atoms with Crippen LogP contribution in [-0.2, 0) is 0 Å². The van der Waals surface area contributed by atoms with E-state index in [1.807, 2.05) is 0 Å². The summed E-state index contributed by atoms with van der Waals surface area (Å²) in [5, 5.41) is 9.19. The van der Waals surface area contributed by atoms with Crippen LogP contribution in [0.2, 0.25) is 0 Å². The Hall–Kier alpha value is -0.120. The van der Waals surface area contributed by atoms with Crippen LogP contribution in [0.25, 0.3) is 0 Å². The number of hydrogen-bond acceptors (Lipinski definition) is 3. The number of rotatable bonds is 4. The molecule has 3 N–H and O–H groups in total. The maximum absolute atomic E-state index is 9.19. The summed E-state index contributed by atoms with van der Waals surface area (Å²) in [7, 11) is 0. The van der Waals surface area contributed by atoms with Gasteiger partial charge in [0.1, 0.15) is 0 Å². The Balaban J connectivity index is 1.99. The Bertz CT molecular complexity index is 108. The molecule has 0 aromatic rings. The standard InChI is InChI=1S/C8H18N2O/c9-4-1-2-5-10-6-3-8(11)7-10/h8,11H,1-7,9H2. The molecule has 66 valence electrons. The summed E-state index contributed by atoms with van der Waals surface area (Å²) < 4.78 is 0. The first-order chi connectivity index (χ1) is 5.33. The lowest BCUT2D eigenvalue weighted by Crippen LogP contribution is -2.23. The van der Waals surface area contributed by atoms with Crippen LogP contribution in [0.1, 0.15) is 19.3 Å². The Kier molecular flexibility index (Phi) is 3.83. The molecule has 0 saturated carbocycles. The third kappa shape index (κ3) is 3.18. The first-order valence-corrected chi connectivity index (χ1v) is 4.43. The molecule has 0 radical (unpaired) electrons. The number of aliphatic hydroxyl groups excluding tert-OH is 1. The minimum Gasteiger partial charge on any atom is -0.392 e. The van der Waals surface area contributed by atoms with Gasteiger partial charge >= 0.3 is 0 Å². The molecular weight excluding hydrogens is 140 g/mol. The van der Waals surface area contributed by atoms with Gasteiger partial charge in [0, 0.05) is 13.1 Å². The summed E-state index contributed by atoms with van der Waals surface area (Å²) in [5.74, 6) is 0. The van der Waals surface area contributed by atoms with E-state index in [1.54, 1.807) is 0 Å². The summed E-state index contributed by atoms with van der Waals surface area (Å²) in [5.41, 5.74) is 5.37. The zero-order valence-corrected chi connectivity index (χ0v) is 7.00. The van der Waals surface area contributed by atoms with Gasteiger partial charge in [-0.25, -0.2) is 0 Å². The molecule has 11 heavy (non-hydrogen) atoms. The number of unbranched alkanes of at least 4 members (excludes halogenated alkanes) is 1. The summed E-state index contributed by atoms with van der Waals surface area (Å²) in [4.78, 5) is 2.31. The number of likely N-dealkylation sites (tertiary alicyclic amines) is 1. The van der Waals surface area contributed by atoms with Crippen molar-refractivity contribution in [2.24, 2.45) is 5.73 Å². The van der Waals surface area contributed by atoms with E-state index in [-0.39, 0.29) is 6.10 Å². The van der Waals surface area contributed by atoms with E-state index in [0.717, 1.165) is 39.0 Å². The highest BCUT2D eigenvalue weighted by Gasteiger charge is 2.18. The fraction of sp³-hybridized carbons (Fsp3) is 1.00. The van der Waals surface area contributed by atoms with Crippen molar-refractivity contribution in [1.29, 1.82) is 0 Å². The summed E-state index contributed by atoms with van der Waals surface area (Å²) in [6, 6.07) is 0. The predicted octanol–water partition coefficient (Wildman–Crippen LogP) is -0.208. The first kappa shape index (κ1) is 8.97. The number of aliphatic hydroxyl groups is 1. The summed E-state index contributed by atoms with van der Waals surface area (Å²) in [6.07, 6.45) is 3.14. The second kappa shape index (κ2) is 4.70. The molecule has 1 heterocycles. The van der Waals surface area contributed by atoms with Crippen molar-refractivity contribution in [2.45, 2.75) is 25.4 Å². The lowest BCUT2D eigenvalue weighted by Gasteiger charge is -2.13. The molecule has 1 fully saturated rings. The van der Waals surface area contributed by atoms with Gasteiger partial charge < -0.3 is 15.7 Å². The van der Waals surface area contributed by atoms with E-state index in [2.05, 4.69) is 4.90 Å². The molecule has 0 aliphatic carbocycles. The molecule has 0 bridgehead atoms. The van der Waals surface area contributed by atoms with Gasteiger partial charge in [-0.2, -0.15) is 0 Å². The highest BCUT2D eigenvalue weighted by Crippen LogP contribution is 2.08. The van der Waals surface area contributed by atoms with Gasteiger partial charge in [-0.3, -0.25) is 0 Å². The lowest BCUT2D eigenvalue weighted by molar-refractivity contribution is 0.176. The SMILES string of the molecule is NCCCCN1CCC(O)C1. The van der Waals surface area contributed by atoms with Crippen LogP contribution < -0.4 is 5.73 Å². The van der Waals surface area contributed by atoms with Crippen molar-refractivity contribution < 1.29 is 5.11 Å². The molecular formula is C8H18N2O. The number of β-amino-alcohol motifs (C(OH)–C–C–N with tert-alkyl or cyclic N) is 1. The molecule has 3 heteroatoms. The van der Waals surface area contributed by atoms with E-state index in [0.29, 0.717) is 0 Å². The van der Waals surface area contributed by atoms with E-state index in [9.17, 15) is 5.11 Å².